The lowest BCUT2D eigenvalue weighted by Crippen LogP contribution is -2.55. The Morgan fingerprint density at radius 3 is 2.64 bits per heavy atom. The topological polar surface area (TPSA) is 123 Å². The molecule has 2 saturated heterocycles. The molecule has 10 heteroatoms. The molecular weight excluding hydrogens is 592 g/mol. The maximum atomic E-state index is 13.1. The summed E-state index contributed by atoms with van der Waals surface area (Å²) in [6.07, 6.45) is 11.5. The third kappa shape index (κ3) is 7.57. The number of piperazine rings is 1. The number of carbonyl (C=O) groups excluding carboxylic acids is 1. The molecule has 3 fully saturated rings. The number of allylic oxidation sites excluding steroid dienone is 1. The van der Waals surface area contributed by atoms with Gasteiger partial charge in [0, 0.05) is 31.2 Å². The molecule has 1 amide bonds. The van der Waals surface area contributed by atoms with Crippen LogP contribution in [0.3, 0.4) is 0 Å². The largest absolute Gasteiger partial charge is 0.483 e. The molecule has 2 aliphatic carbocycles. The zero-order valence-corrected chi connectivity index (χ0v) is 27.1. The van der Waals surface area contributed by atoms with E-state index in [1.807, 2.05) is 11.0 Å². The fourth-order valence-electron chi connectivity index (χ4n) is 7.35. The fraction of sp³-hybridized carbons (Fsp3) is 0.486. The predicted molar refractivity (Wildman–Crippen MR) is 180 cm³/mol. The fourth-order valence-corrected chi connectivity index (χ4v) is 7.35. The van der Waals surface area contributed by atoms with Crippen LogP contribution in [0.15, 0.2) is 54.6 Å². The van der Waals surface area contributed by atoms with Crippen LogP contribution in [0.2, 0.25) is 0 Å². The van der Waals surface area contributed by atoms with Crippen molar-refractivity contribution < 1.29 is 19.4 Å². The van der Waals surface area contributed by atoms with Gasteiger partial charge in [-0.05, 0) is 92.8 Å². The molecule has 0 radical (unpaired) electrons. The second-order valence-electron chi connectivity index (χ2n) is 13.1. The summed E-state index contributed by atoms with van der Waals surface area (Å²) >= 11 is 0. The first kappa shape index (κ1) is 32.5. The highest BCUT2D eigenvalue weighted by atomic mass is 16.5. The average Bonchev–Trinajstić information content (AvgIpc) is 3.84. The lowest BCUT2D eigenvalue weighted by atomic mass is 9.80. The molecule has 3 aromatic rings. The normalized spacial score (nSPS) is 22.8. The van der Waals surface area contributed by atoms with Crippen LogP contribution in [0, 0.1) is 17.2 Å². The molecule has 4 aliphatic rings. The Balaban J connectivity index is 0.00000124. The second-order valence-corrected chi connectivity index (χ2v) is 13.1. The van der Waals surface area contributed by atoms with E-state index < -0.39 is 0 Å². The number of nitriles is 1. The van der Waals surface area contributed by atoms with Gasteiger partial charge in [0.1, 0.15) is 12.4 Å². The van der Waals surface area contributed by atoms with Crippen molar-refractivity contribution in [3.05, 3.63) is 71.4 Å². The summed E-state index contributed by atoms with van der Waals surface area (Å²) in [6.45, 7) is 3.24. The number of anilines is 1. The number of fused-ring (bicyclic) bond motifs is 2. The molecule has 7 rings (SSSR count). The van der Waals surface area contributed by atoms with E-state index >= 15 is 0 Å². The summed E-state index contributed by atoms with van der Waals surface area (Å²) in [7, 11) is 2.16. The molecule has 0 unspecified atom stereocenters. The van der Waals surface area contributed by atoms with E-state index in [-0.39, 0.29) is 18.4 Å². The van der Waals surface area contributed by atoms with Gasteiger partial charge in [0.05, 0.1) is 24.2 Å². The maximum Gasteiger partial charge on any atom is 0.318 e. The maximum absolute atomic E-state index is 13.1. The number of amides is 1. The molecule has 1 saturated carbocycles. The quantitative estimate of drug-likeness (QED) is 0.270. The number of aromatic nitrogens is 2. The first-order valence-electron chi connectivity index (χ1n) is 16.9. The van der Waals surface area contributed by atoms with Gasteiger partial charge < -0.3 is 24.5 Å². The van der Waals surface area contributed by atoms with Gasteiger partial charge in [0.15, 0.2) is 0 Å². The Morgan fingerprint density at radius 2 is 1.87 bits per heavy atom. The highest BCUT2D eigenvalue weighted by molar-refractivity contribution is 5.88. The number of hydrogen-bond acceptors (Lipinski definition) is 8. The van der Waals surface area contributed by atoms with Crippen molar-refractivity contribution in [2.75, 3.05) is 44.7 Å². The molecule has 1 N–H and O–H groups in total. The van der Waals surface area contributed by atoms with E-state index in [4.69, 9.17) is 24.6 Å². The Hall–Kier alpha value is -4.49. The number of likely N-dealkylation sites (tertiary alicyclic amines) is 1. The van der Waals surface area contributed by atoms with E-state index in [9.17, 15) is 10.1 Å². The van der Waals surface area contributed by atoms with Gasteiger partial charge in [-0.25, -0.2) is 0 Å². The first-order valence-corrected chi connectivity index (χ1v) is 16.9. The van der Waals surface area contributed by atoms with Gasteiger partial charge in [-0.15, -0.1) is 0 Å². The van der Waals surface area contributed by atoms with Gasteiger partial charge in [-0.2, -0.15) is 15.2 Å². The molecule has 0 bridgehead atoms. The van der Waals surface area contributed by atoms with Crippen LogP contribution < -0.4 is 9.64 Å². The summed E-state index contributed by atoms with van der Waals surface area (Å²) in [4.78, 5) is 38.1. The van der Waals surface area contributed by atoms with Gasteiger partial charge in [0.25, 0.3) is 6.47 Å². The number of nitrogens with zero attached hydrogens (tertiary/aromatic N) is 6. The van der Waals surface area contributed by atoms with E-state index in [0.29, 0.717) is 56.6 Å². The van der Waals surface area contributed by atoms with Crippen LogP contribution in [0.25, 0.3) is 10.8 Å². The predicted octanol–water partition coefficient (Wildman–Crippen LogP) is 4.97. The second kappa shape index (κ2) is 14.9. The average molecular weight is 637 g/mol. The summed E-state index contributed by atoms with van der Waals surface area (Å²) in [5, 5.41) is 19.1. The Bertz CT molecular complexity index is 1640. The van der Waals surface area contributed by atoms with Crippen molar-refractivity contribution >= 4 is 29.0 Å². The molecule has 0 spiro atoms. The molecule has 10 nitrogen and oxygen atoms in total. The molecule has 2 aromatic carbocycles. The molecule has 1 aromatic heterocycles. The number of benzene rings is 2. The molecule has 47 heavy (non-hydrogen) atoms. The smallest absolute Gasteiger partial charge is 0.318 e. The Morgan fingerprint density at radius 1 is 1.06 bits per heavy atom. The zero-order chi connectivity index (χ0) is 32.8. The standard InChI is InChI=1S/C36H42N6O2.CH2O2/c1-40-19-5-8-29(40)24-44-36-38-33-22-27(31-10-4-7-26-6-2-3-9-30(26)31)14-15-32(33)35(39-36)41-20-21-42(28(23-41)17-18-37)34(43)16-13-25-11-12-25;2-1-3/h2-4,6-7,9-10,13,16,25,27-29H,5,8,11-12,14-15,17,19-24H2,1H3;1H,(H,2,3)/b16-13+;/t27-,28-,29-;/m0./s1. The third-order valence-corrected chi connectivity index (χ3v) is 10.1. The third-order valence-electron chi connectivity index (χ3n) is 10.1. The van der Waals surface area contributed by atoms with Crippen LogP contribution in [0.1, 0.15) is 61.3 Å². The van der Waals surface area contributed by atoms with Crippen LogP contribution >= 0.6 is 0 Å². The minimum atomic E-state index is -0.250. The van der Waals surface area contributed by atoms with Crippen molar-refractivity contribution in [1.82, 2.24) is 19.8 Å². The molecule has 3 atom stereocenters. The lowest BCUT2D eigenvalue weighted by Gasteiger charge is -2.42. The van der Waals surface area contributed by atoms with E-state index in [1.54, 1.807) is 6.08 Å². The van der Waals surface area contributed by atoms with E-state index in [0.717, 1.165) is 43.7 Å². The summed E-state index contributed by atoms with van der Waals surface area (Å²) in [5.74, 6) is 1.85. The van der Waals surface area contributed by atoms with Crippen molar-refractivity contribution in [2.24, 2.45) is 5.92 Å². The van der Waals surface area contributed by atoms with Crippen LogP contribution in [-0.4, -0.2) is 89.2 Å². The van der Waals surface area contributed by atoms with Crippen LogP contribution in [0.4, 0.5) is 5.82 Å². The monoisotopic (exact) mass is 636 g/mol. The number of carboxylic acid groups (broad SMARTS) is 1. The summed E-state index contributed by atoms with van der Waals surface area (Å²) < 4.78 is 6.35. The van der Waals surface area contributed by atoms with Gasteiger partial charge in [-0.3, -0.25) is 9.59 Å². The van der Waals surface area contributed by atoms with Gasteiger partial charge in [-0.1, -0.05) is 48.5 Å². The van der Waals surface area contributed by atoms with Crippen molar-refractivity contribution in [3.8, 4) is 12.1 Å². The van der Waals surface area contributed by atoms with Crippen LogP contribution in [-0.2, 0) is 22.4 Å². The van der Waals surface area contributed by atoms with Gasteiger partial charge >= 0.3 is 6.01 Å². The Labute approximate surface area is 276 Å². The van der Waals surface area contributed by atoms with E-state index in [2.05, 4.69) is 65.4 Å². The molecule has 3 heterocycles. The highest BCUT2D eigenvalue weighted by Gasteiger charge is 2.34. The van der Waals surface area contributed by atoms with Crippen LogP contribution in [0.5, 0.6) is 6.01 Å². The number of carbonyl (C=O) groups is 2. The zero-order valence-electron chi connectivity index (χ0n) is 27.1. The molecule has 2 aliphatic heterocycles. The minimum Gasteiger partial charge on any atom is -0.483 e. The SMILES string of the molecule is CN1CCC[C@H]1COc1nc2c(c(N3CCN(C(=O)/C=C/C4CC4)[C@@H](CC#N)C3)n1)CC[C@H](c1cccc3ccccc13)C2.O=CO. The number of rotatable bonds is 8. The first-order chi connectivity index (χ1) is 23.0. The minimum absolute atomic E-state index is 0.0177. The van der Waals surface area contributed by atoms with Crippen molar-refractivity contribution in [3.63, 3.8) is 0 Å². The lowest BCUT2D eigenvalue weighted by molar-refractivity contribution is -0.128. The van der Waals surface area contributed by atoms with Crippen molar-refractivity contribution in [1.29, 1.82) is 5.26 Å². The number of ether oxygens (including phenoxy) is 1. The van der Waals surface area contributed by atoms with Crippen molar-refractivity contribution in [2.45, 2.75) is 69.4 Å². The number of hydrogen-bond donors (Lipinski definition) is 1. The van der Waals surface area contributed by atoms with E-state index in [1.165, 1.54) is 41.2 Å². The molecule has 246 valence electrons. The number of likely N-dealkylation sites (N-methyl/N-ethyl adjacent to an activating group) is 1. The molecular formula is C37H44N6O4. The van der Waals surface area contributed by atoms with Gasteiger partial charge in [0.2, 0.25) is 5.91 Å². The Kier molecular flexibility index (Phi) is 10.3. The summed E-state index contributed by atoms with van der Waals surface area (Å²) in [6, 6.07) is 18.2. The highest BCUT2D eigenvalue weighted by Crippen LogP contribution is 2.39. The summed E-state index contributed by atoms with van der Waals surface area (Å²) in [5.41, 5.74) is 3.64.